The molecule has 3 aromatic carbocycles. The van der Waals surface area contributed by atoms with Crippen LogP contribution in [0.4, 0.5) is 0 Å². The summed E-state index contributed by atoms with van der Waals surface area (Å²) in [6.07, 6.45) is 7.59. The number of aromatic nitrogens is 1. The second-order valence-electron chi connectivity index (χ2n) is 9.36. The number of nitrogens with zero attached hydrogens (tertiary/aromatic N) is 1. The Morgan fingerprint density at radius 2 is 1.56 bits per heavy atom. The van der Waals surface area contributed by atoms with Crippen molar-refractivity contribution in [2.45, 2.75) is 50.7 Å². The maximum atomic E-state index is 6.41. The Morgan fingerprint density at radius 1 is 0.806 bits per heavy atom. The summed E-state index contributed by atoms with van der Waals surface area (Å²) in [5.74, 6) is 2.60. The van der Waals surface area contributed by atoms with Crippen LogP contribution >= 0.6 is 0 Å². The fourth-order valence-corrected chi connectivity index (χ4v) is 4.88. The fourth-order valence-electron chi connectivity index (χ4n) is 4.88. The van der Waals surface area contributed by atoms with E-state index in [2.05, 4.69) is 59.6 Å². The van der Waals surface area contributed by atoms with Crippen molar-refractivity contribution in [3.05, 3.63) is 120 Å². The van der Waals surface area contributed by atoms with Crippen LogP contribution in [0.5, 0.6) is 17.2 Å². The Morgan fingerprint density at radius 3 is 2.28 bits per heavy atom. The van der Waals surface area contributed by atoms with E-state index in [4.69, 9.17) is 14.2 Å². The van der Waals surface area contributed by atoms with Gasteiger partial charge in [0.15, 0.2) is 11.5 Å². The van der Waals surface area contributed by atoms with Crippen molar-refractivity contribution in [2.24, 2.45) is 0 Å². The first-order valence-electron chi connectivity index (χ1n) is 12.8. The molecule has 1 atom stereocenters. The van der Waals surface area contributed by atoms with Gasteiger partial charge in [-0.1, -0.05) is 54.6 Å². The molecule has 36 heavy (non-hydrogen) atoms. The molecule has 0 radical (unpaired) electrons. The zero-order chi connectivity index (χ0) is 24.6. The molecule has 1 aliphatic rings. The average molecular weight is 480 g/mol. The Hall–Kier alpha value is -3.79. The molecule has 4 aromatic rings. The zero-order valence-electron chi connectivity index (χ0n) is 20.8. The van der Waals surface area contributed by atoms with Crippen LogP contribution in [0.3, 0.4) is 0 Å². The van der Waals surface area contributed by atoms with Gasteiger partial charge < -0.3 is 14.2 Å². The maximum absolute atomic E-state index is 6.41. The summed E-state index contributed by atoms with van der Waals surface area (Å²) in [6.45, 7) is 0.553. The number of methoxy groups -OCH3 is 1. The minimum Gasteiger partial charge on any atom is -0.493 e. The second kappa shape index (κ2) is 11.8. The first-order chi connectivity index (χ1) is 17.8. The van der Waals surface area contributed by atoms with Gasteiger partial charge in [0.25, 0.3) is 0 Å². The highest BCUT2D eigenvalue weighted by Crippen LogP contribution is 2.37. The number of rotatable bonds is 10. The number of hydrogen-bond donors (Lipinski definition) is 0. The number of pyridine rings is 1. The van der Waals surface area contributed by atoms with Gasteiger partial charge >= 0.3 is 0 Å². The summed E-state index contributed by atoms with van der Waals surface area (Å²) >= 11 is 0. The van der Waals surface area contributed by atoms with Gasteiger partial charge in [0.2, 0.25) is 0 Å². The number of hydrogen-bond acceptors (Lipinski definition) is 4. The monoisotopic (exact) mass is 479 g/mol. The SMILES string of the molecule is COc1ccc(C(Cc2ccccn2)c2ccc(OCc3ccccc3)cc2)cc1OC1CCCC1. The van der Waals surface area contributed by atoms with E-state index in [0.29, 0.717) is 6.61 Å². The lowest BCUT2D eigenvalue weighted by Gasteiger charge is -2.22. The molecule has 1 saturated carbocycles. The highest BCUT2D eigenvalue weighted by atomic mass is 16.5. The molecule has 1 fully saturated rings. The van der Waals surface area contributed by atoms with E-state index in [1.807, 2.05) is 42.6 Å². The highest BCUT2D eigenvalue weighted by Gasteiger charge is 2.22. The van der Waals surface area contributed by atoms with Crippen LogP contribution in [-0.4, -0.2) is 18.2 Å². The molecule has 0 bridgehead atoms. The van der Waals surface area contributed by atoms with E-state index in [0.717, 1.165) is 47.8 Å². The molecule has 4 heteroatoms. The topological polar surface area (TPSA) is 40.6 Å². The molecular weight excluding hydrogens is 446 g/mol. The van der Waals surface area contributed by atoms with Gasteiger partial charge in [0.05, 0.1) is 13.2 Å². The number of ether oxygens (including phenoxy) is 3. The molecule has 1 aromatic heterocycles. The van der Waals surface area contributed by atoms with Gasteiger partial charge in [0, 0.05) is 24.2 Å². The molecule has 4 nitrogen and oxygen atoms in total. The highest BCUT2D eigenvalue weighted by molar-refractivity contribution is 5.47. The molecule has 0 saturated heterocycles. The minimum absolute atomic E-state index is 0.125. The molecule has 1 aliphatic carbocycles. The summed E-state index contributed by atoms with van der Waals surface area (Å²) in [4.78, 5) is 4.61. The Bertz CT molecular complexity index is 1220. The van der Waals surface area contributed by atoms with Crippen molar-refractivity contribution < 1.29 is 14.2 Å². The summed E-state index contributed by atoms with van der Waals surface area (Å²) in [6, 6.07) is 31.1. The predicted molar refractivity (Wildman–Crippen MR) is 143 cm³/mol. The van der Waals surface area contributed by atoms with E-state index in [-0.39, 0.29) is 12.0 Å². The van der Waals surface area contributed by atoms with Crippen molar-refractivity contribution in [1.29, 1.82) is 0 Å². The maximum Gasteiger partial charge on any atom is 0.161 e. The summed E-state index contributed by atoms with van der Waals surface area (Å²) in [5, 5.41) is 0. The molecule has 0 amide bonds. The van der Waals surface area contributed by atoms with Crippen LogP contribution in [0.1, 0.15) is 54.0 Å². The van der Waals surface area contributed by atoms with E-state index >= 15 is 0 Å². The fraction of sp³-hybridized carbons (Fsp3) is 0.281. The third kappa shape index (κ3) is 6.06. The zero-order valence-corrected chi connectivity index (χ0v) is 20.8. The Labute approximate surface area is 213 Å². The van der Waals surface area contributed by atoms with Gasteiger partial charge in [0.1, 0.15) is 12.4 Å². The third-order valence-corrected chi connectivity index (χ3v) is 6.86. The standard InChI is InChI=1S/C32H33NO3/c1-34-31-19-16-26(21-32(31)36-29-12-5-6-13-29)30(22-27-11-7-8-20-33-27)25-14-17-28(18-15-25)35-23-24-9-3-2-4-10-24/h2-4,7-11,14-21,29-30H,5-6,12-13,22-23H2,1H3. The lowest BCUT2D eigenvalue weighted by atomic mass is 9.87. The van der Waals surface area contributed by atoms with Crippen LogP contribution in [0.25, 0.3) is 0 Å². The van der Waals surface area contributed by atoms with E-state index in [9.17, 15) is 0 Å². The van der Waals surface area contributed by atoms with Crippen molar-refractivity contribution in [3.63, 3.8) is 0 Å². The van der Waals surface area contributed by atoms with Gasteiger partial charge in [-0.2, -0.15) is 0 Å². The predicted octanol–water partition coefficient (Wildman–Crippen LogP) is 7.37. The smallest absolute Gasteiger partial charge is 0.161 e. The van der Waals surface area contributed by atoms with Crippen LogP contribution < -0.4 is 14.2 Å². The Kier molecular flexibility index (Phi) is 7.82. The normalized spacial score (nSPS) is 14.4. The third-order valence-electron chi connectivity index (χ3n) is 6.86. The van der Waals surface area contributed by atoms with E-state index < -0.39 is 0 Å². The molecule has 1 heterocycles. The number of benzene rings is 3. The van der Waals surface area contributed by atoms with Gasteiger partial charge in [-0.05, 0) is 78.8 Å². The lowest BCUT2D eigenvalue weighted by molar-refractivity contribution is 0.200. The minimum atomic E-state index is 0.125. The summed E-state index contributed by atoms with van der Waals surface area (Å²) in [7, 11) is 1.70. The Balaban J connectivity index is 1.41. The van der Waals surface area contributed by atoms with Crippen molar-refractivity contribution in [2.75, 3.05) is 7.11 Å². The average Bonchev–Trinajstić information content (AvgIpc) is 3.45. The molecule has 5 rings (SSSR count). The molecule has 0 spiro atoms. The van der Waals surface area contributed by atoms with Crippen LogP contribution in [0.2, 0.25) is 0 Å². The lowest BCUT2D eigenvalue weighted by Crippen LogP contribution is -2.13. The first kappa shape index (κ1) is 23.9. The van der Waals surface area contributed by atoms with E-state index in [1.54, 1.807) is 7.11 Å². The van der Waals surface area contributed by atoms with Gasteiger partial charge in [-0.15, -0.1) is 0 Å². The molecule has 1 unspecified atom stereocenters. The van der Waals surface area contributed by atoms with Crippen LogP contribution in [0.15, 0.2) is 97.2 Å². The van der Waals surface area contributed by atoms with Crippen LogP contribution in [-0.2, 0) is 13.0 Å². The quantitative estimate of drug-likeness (QED) is 0.238. The molecule has 0 aliphatic heterocycles. The van der Waals surface area contributed by atoms with E-state index in [1.165, 1.54) is 24.0 Å². The van der Waals surface area contributed by atoms with Crippen LogP contribution in [0, 0.1) is 0 Å². The first-order valence-corrected chi connectivity index (χ1v) is 12.8. The van der Waals surface area contributed by atoms with Crippen molar-refractivity contribution in [1.82, 2.24) is 4.98 Å². The summed E-state index contributed by atoms with van der Waals surface area (Å²) < 4.78 is 18.1. The molecular formula is C32H33NO3. The van der Waals surface area contributed by atoms with Gasteiger partial charge in [-0.25, -0.2) is 0 Å². The molecule has 0 N–H and O–H groups in total. The van der Waals surface area contributed by atoms with Crippen molar-refractivity contribution >= 4 is 0 Å². The summed E-state index contributed by atoms with van der Waals surface area (Å²) in [5.41, 5.74) is 4.61. The second-order valence-corrected chi connectivity index (χ2v) is 9.36. The van der Waals surface area contributed by atoms with Crippen molar-refractivity contribution in [3.8, 4) is 17.2 Å². The molecule has 184 valence electrons. The van der Waals surface area contributed by atoms with Gasteiger partial charge in [-0.3, -0.25) is 4.98 Å². The largest absolute Gasteiger partial charge is 0.493 e.